The van der Waals surface area contributed by atoms with Gasteiger partial charge in [-0.25, -0.2) is 4.79 Å². The molecule has 0 bridgehead atoms. The Hall–Kier alpha value is -2.86. The van der Waals surface area contributed by atoms with Gasteiger partial charge >= 0.3 is 5.97 Å². The van der Waals surface area contributed by atoms with Gasteiger partial charge in [-0.15, -0.1) is 11.3 Å². The number of benzene rings is 1. The molecule has 1 unspecified atom stereocenters. The van der Waals surface area contributed by atoms with Gasteiger partial charge in [-0.1, -0.05) is 29.4 Å². The van der Waals surface area contributed by atoms with Gasteiger partial charge in [0.25, 0.3) is 0 Å². The molecule has 1 aromatic heterocycles. The van der Waals surface area contributed by atoms with Crippen LogP contribution in [0.25, 0.3) is 15.7 Å². The number of aryl methyl sites for hydroxylation is 1. The predicted molar refractivity (Wildman–Crippen MR) is 113 cm³/mol. The predicted octanol–water partition coefficient (Wildman–Crippen LogP) is 4.88. The highest BCUT2D eigenvalue weighted by molar-refractivity contribution is 7.20. The van der Waals surface area contributed by atoms with Crippen LogP contribution in [0.1, 0.15) is 23.8 Å². The molecular formula is C22H23NO4S. The fourth-order valence-corrected chi connectivity index (χ4v) is 4.35. The molecule has 1 atom stereocenters. The first-order valence-electron chi connectivity index (χ1n) is 9.00. The smallest absolute Gasteiger partial charge is 0.342 e. The molecular weight excluding hydrogens is 374 g/mol. The van der Waals surface area contributed by atoms with Crippen LogP contribution in [0.4, 0.5) is 0 Å². The van der Waals surface area contributed by atoms with Crippen molar-refractivity contribution in [3.05, 3.63) is 64.8 Å². The van der Waals surface area contributed by atoms with E-state index in [1.165, 1.54) is 20.5 Å². The maximum atomic E-state index is 12.3. The lowest BCUT2D eigenvalue weighted by molar-refractivity contribution is -0.133. The molecule has 146 valence electrons. The monoisotopic (exact) mass is 397 g/mol. The summed E-state index contributed by atoms with van der Waals surface area (Å²) in [5.74, 6) is -0.403. The van der Waals surface area contributed by atoms with Gasteiger partial charge in [0.15, 0.2) is 6.10 Å². The molecule has 1 aliphatic heterocycles. The van der Waals surface area contributed by atoms with Gasteiger partial charge in [0.2, 0.25) is 0 Å². The molecule has 0 N–H and O–H groups in total. The normalized spacial score (nSPS) is 16.9. The van der Waals surface area contributed by atoms with E-state index >= 15 is 0 Å². The van der Waals surface area contributed by atoms with Crippen molar-refractivity contribution in [2.45, 2.75) is 25.9 Å². The number of carbonyl (C=O) groups excluding carboxylic acids is 1. The molecule has 0 fully saturated rings. The van der Waals surface area contributed by atoms with Crippen LogP contribution in [0.15, 0.2) is 59.5 Å². The molecule has 6 heteroatoms. The van der Waals surface area contributed by atoms with E-state index in [4.69, 9.17) is 14.3 Å². The number of esters is 1. The average molecular weight is 397 g/mol. The van der Waals surface area contributed by atoms with Gasteiger partial charge in [-0.3, -0.25) is 0 Å². The Morgan fingerprint density at radius 1 is 1.32 bits per heavy atom. The summed E-state index contributed by atoms with van der Waals surface area (Å²) in [6.07, 6.45) is 10.6. The number of hydrogen-bond donors (Lipinski definition) is 0. The van der Waals surface area contributed by atoms with Gasteiger partial charge in [-0.05, 0) is 54.5 Å². The molecule has 2 aromatic rings. The third kappa shape index (κ3) is 4.34. The number of thiophene rings is 1. The summed E-state index contributed by atoms with van der Waals surface area (Å²) < 4.78 is 11.2. The molecule has 1 aliphatic rings. The lowest BCUT2D eigenvalue weighted by Crippen LogP contribution is -2.10. The number of oxime groups is 1. The van der Waals surface area contributed by atoms with E-state index < -0.39 is 5.97 Å². The van der Waals surface area contributed by atoms with Crippen molar-refractivity contribution in [3.63, 3.8) is 0 Å². The molecule has 0 radical (unpaired) electrons. The Morgan fingerprint density at radius 3 is 2.86 bits per heavy atom. The zero-order valence-electron chi connectivity index (χ0n) is 16.2. The summed E-state index contributed by atoms with van der Waals surface area (Å²) in [6.45, 7) is 2.03. The SMILES string of the molecule is COC=C(C(=O)OC)c1sc2ccccc2c1CCC=C(C)C1C=CC=NO1. The second-order valence-electron chi connectivity index (χ2n) is 6.32. The molecule has 28 heavy (non-hydrogen) atoms. The maximum absolute atomic E-state index is 12.3. The van der Waals surface area contributed by atoms with E-state index in [1.54, 1.807) is 17.6 Å². The Morgan fingerprint density at radius 2 is 2.14 bits per heavy atom. The standard InChI is InChI=1S/C22H23NO4S/c1-15(19-11-7-13-23-27-19)8-6-10-17-16-9-4-5-12-20(16)28-21(17)18(14-25-2)22(24)26-3/h4-5,7-9,11-14,19H,6,10H2,1-3H3. The van der Waals surface area contributed by atoms with Crippen molar-refractivity contribution in [1.29, 1.82) is 0 Å². The molecule has 1 aromatic carbocycles. The van der Waals surface area contributed by atoms with E-state index in [9.17, 15) is 4.79 Å². The van der Waals surface area contributed by atoms with Gasteiger partial charge in [0, 0.05) is 9.58 Å². The van der Waals surface area contributed by atoms with Crippen LogP contribution in [0, 0.1) is 0 Å². The highest BCUT2D eigenvalue weighted by Gasteiger charge is 2.21. The second-order valence-corrected chi connectivity index (χ2v) is 7.37. The lowest BCUT2D eigenvalue weighted by atomic mass is 10.0. The molecule has 2 heterocycles. The first-order valence-corrected chi connectivity index (χ1v) is 9.82. The number of ether oxygens (including phenoxy) is 2. The van der Waals surface area contributed by atoms with Gasteiger partial charge in [-0.2, -0.15) is 0 Å². The molecule has 0 amide bonds. The largest absolute Gasteiger partial charge is 0.503 e. The number of nitrogens with zero attached hydrogens (tertiary/aromatic N) is 1. The van der Waals surface area contributed by atoms with E-state index in [0.717, 1.165) is 38.9 Å². The van der Waals surface area contributed by atoms with Crippen LogP contribution < -0.4 is 0 Å². The topological polar surface area (TPSA) is 57.1 Å². The van der Waals surface area contributed by atoms with Crippen molar-refractivity contribution in [2.24, 2.45) is 5.16 Å². The maximum Gasteiger partial charge on any atom is 0.342 e. The fraction of sp³-hybridized carbons (Fsp3) is 0.273. The van der Waals surface area contributed by atoms with Crippen LogP contribution in [-0.2, 0) is 25.5 Å². The highest BCUT2D eigenvalue weighted by Crippen LogP contribution is 2.37. The van der Waals surface area contributed by atoms with E-state index in [0.29, 0.717) is 5.57 Å². The summed E-state index contributed by atoms with van der Waals surface area (Å²) in [6, 6.07) is 8.17. The Bertz CT molecular complexity index is 968. The molecule has 0 aliphatic carbocycles. The van der Waals surface area contributed by atoms with E-state index in [1.807, 2.05) is 31.2 Å². The van der Waals surface area contributed by atoms with Gasteiger partial charge in [0.05, 0.1) is 26.7 Å². The zero-order chi connectivity index (χ0) is 19.9. The summed E-state index contributed by atoms with van der Waals surface area (Å²) in [5, 5.41) is 4.99. The number of hydrogen-bond acceptors (Lipinski definition) is 6. The Balaban J connectivity index is 1.91. The minimum atomic E-state index is -0.403. The molecule has 5 nitrogen and oxygen atoms in total. The number of rotatable bonds is 7. The highest BCUT2D eigenvalue weighted by atomic mass is 32.1. The van der Waals surface area contributed by atoms with Crippen molar-refractivity contribution in [3.8, 4) is 0 Å². The Labute approximate surface area is 168 Å². The second kappa shape index (κ2) is 9.37. The minimum Gasteiger partial charge on any atom is -0.503 e. The third-order valence-electron chi connectivity index (χ3n) is 4.50. The summed E-state index contributed by atoms with van der Waals surface area (Å²) in [4.78, 5) is 18.6. The van der Waals surface area contributed by atoms with Crippen molar-refractivity contribution in [1.82, 2.24) is 0 Å². The minimum absolute atomic E-state index is 0.122. The lowest BCUT2D eigenvalue weighted by Gasteiger charge is -2.13. The van der Waals surface area contributed by atoms with Crippen LogP contribution in [0.5, 0.6) is 0 Å². The van der Waals surface area contributed by atoms with E-state index in [-0.39, 0.29) is 6.10 Å². The zero-order valence-corrected chi connectivity index (χ0v) is 17.0. The average Bonchev–Trinajstić information content (AvgIpc) is 3.10. The fourth-order valence-electron chi connectivity index (χ4n) is 3.10. The van der Waals surface area contributed by atoms with Crippen LogP contribution in [-0.4, -0.2) is 32.5 Å². The Kier molecular flexibility index (Phi) is 6.66. The number of carbonyl (C=O) groups is 1. The quantitative estimate of drug-likeness (QED) is 0.289. The van der Waals surface area contributed by atoms with Crippen molar-refractivity contribution < 1.29 is 19.1 Å². The molecule has 0 saturated heterocycles. The van der Waals surface area contributed by atoms with Crippen LogP contribution in [0.3, 0.4) is 0 Å². The third-order valence-corrected chi connectivity index (χ3v) is 5.75. The van der Waals surface area contributed by atoms with Gasteiger partial charge in [0.1, 0.15) is 5.57 Å². The van der Waals surface area contributed by atoms with Crippen LogP contribution in [0.2, 0.25) is 0 Å². The molecule has 0 saturated carbocycles. The number of methoxy groups -OCH3 is 2. The first-order chi connectivity index (χ1) is 13.7. The summed E-state index contributed by atoms with van der Waals surface area (Å²) in [5.41, 5.74) is 2.67. The number of fused-ring (bicyclic) bond motifs is 1. The molecule has 0 spiro atoms. The summed E-state index contributed by atoms with van der Waals surface area (Å²) in [7, 11) is 2.91. The van der Waals surface area contributed by atoms with Crippen LogP contribution >= 0.6 is 11.3 Å². The van der Waals surface area contributed by atoms with Gasteiger partial charge < -0.3 is 14.3 Å². The summed E-state index contributed by atoms with van der Waals surface area (Å²) >= 11 is 1.58. The first kappa shape index (κ1) is 19.9. The van der Waals surface area contributed by atoms with E-state index in [2.05, 4.69) is 23.4 Å². The van der Waals surface area contributed by atoms with Crippen molar-refractivity contribution >= 4 is 39.2 Å². The van der Waals surface area contributed by atoms with Crippen molar-refractivity contribution in [2.75, 3.05) is 14.2 Å². The number of allylic oxidation sites excluding steroid dienone is 2. The molecule has 3 rings (SSSR count).